The molecule has 6 heteroatoms. The monoisotopic (exact) mass is 259 g/mol. The van der Waals surface area contributed by atoms with Crippen LogP contribution in [0, 0.1) is 22.7 Å². The summed E-state index contributed by atoms with van der Waals surface area (Å²) in [5.41, 5.74) is 1.82. The molecule has 1 saturated carbocycles. The lowest BCUT2D eigenvalue weighted by Gasteiger charge is -2.16. The first-order valence-corrected chi connectivity index (χ1v) is 6.47. The lowest BCUT2D eigenvalue weighted by Crippen LogP contribution is -2.28. The number of nitrogens with zero attached hydrogens (tertiary/aromatic N) is 2. The van der Waals surface area contributed by atoms with Crippen LogP contribution in [0.15, 0.2) is 6.07 Å². The minimum absolute atomic E-state index is 0.156. The fourth-order valence-corrected chi connectivity index (χ4v) is 3.16. The SMILES string of the molecule is CC(=O)N1CC2C(C1)C2c1cc(C(C=N)C=N)n[nH]1. The number of likely N-dealkylation sites (tertiary alicyclic amines) is 1. The van der Waals surface area contributed by atoms with Crippen LogP contribution >= 0.6 is 0 Å². The van der Waals surface area contributed by atoms with Gasteiger partial charge in [0, 0.05) is 44.1 Å². The van der Waals surface area contributed by atoms with Crippen LogP contribution in [0.1, 0.15) is 30.1 Å². The summed E-state index contributed by atoms with van der Waals surface area (Å²) >= 11 is 0. The van der Waals surface area contributed by atoms with E-state index < -0.39 is 0 Å². The number of nitrogens with one attached hydrogen (secondary N) is 3. The molecule has 2 atom stereocenters. The predicted octanol–water partition coefficient (Wildman–Crippen LogP) is 0.984. The molecule has 3 N–H and O–H groups in total. The van der Waals surface area contributed by atoms with E-state index in [0.29, 0.717) is 17.8 Å². The fraction of sp³-hybridized carbons (Fsp3) is 0.538. The number of hydrogen-bond acceptors (Lipinski definition) is 4. The summed E-state index contributed by atoms with van der Waals surface area (Å²) in [7, 11) is 0. The van der Waals surface area contributed by atoms with Crippen LogP contribution in [0.5, 0.6) is 0 Å². The number of carbonyl (C=O) groups excluding carboxylic acids is 1. The van der Waals surface area contributed by atoms with Crippen molar-refractivity contribution in [1.82, 2.24) is 15.1 Å². The van der Waals surface area contributed by atoms with Gasteiger partial charge in [0.2, 0.25) is 5.91 Å². The highest BCUT2D eigenvalue weighted by atomic mass is 16.2. The molecule has 0 bridgehead atoms. The van der Waals surface area contributed by atoms with Gasteiger partial charge in [-0.3, -0.25) is 9.89 Å². The molecule has 2 unspecified atom stereocenters. The van der Waals surface area contributed by atoms with Gasteiger partial charge in [0.25, 0.3) is 0 Å². The molecule has 6 nitrogen and oxygen atoms in total. The minimum Gasteiger partial charge on any atom is -0.342 e. The van der Waals surface area contributed by atoms with Crippen LogP contribution in [0.3, 0.4) is 0 Å². The van der Waals surface area contributed by atoms with Crippen LogP contribution in [-0.2, 0) is 4.79 Å². The van der Waals surface area contributed by atoms with Gasteiger partial charge in [0.15, 0.2) is 0 Å². The summed E-state index contributed by atoms with van der Waals surface area (Å²) in [5, 5.41) is 21.7. The van der Waals surface area contributed by atoms with E-state index in [9.17, 15) is 4.79 Å². The van der Waals surface area contributed by atoms with Crippen molar-refractivity contribution in [1.29, 1.82) is 10.8 Å². The number of piperidine rings is 1. The van der Waals surface area contributed by atoms with Gasteiger partial charge in [0.05, 0.1) is 11.6 Å². The number of fused-ring (bicyclic) bond motifs is 1. The summed E-state index contributed by atoms with van der Waals surface area (Å²) in [6, 6.07) is 1.96. The molecule has 0 spiro atoms. The highest BCUT2D eigenvalue weighted by Gasteiger charge is 2.57. The van der Waals surface area contributed by atoms with E-state index in [4.69, 9.17) is 10.8 Å². The topological polar surface area (TPSA) is 96.7 Å². The standard InChI is InChI=1S/C13H17N5O/c1-7(19)18-5-9-10(6-18)13(9)12-2-11(16-17-12)8(3-14)4-15/h2-4,8-10,13-15H,5-6H2,1H3,(H,16,17). The van der Waals surface area contributed by atoms with E-state index in [1.807, 2.05) is 11.0 Å². The minimum atomic E-state index is -0.336. The maximum Gasteiger partial charge on any atom is 0.219 e. The Morgan fingerprint density at radius 1 is 1.47 bits per heavy atom. The first kappa shape index (κ1) is 12.1. The molecule has 2 fully saturated rings. The zero-order valence-electron chi connectivity index (χ0n) is 10.8. The second kappa shape index (κ2) is 4.29. The highest BCUT2D eigenvalue weighted by molar-refractivity contribution is 5.86. The average molecular weight is 259 g/mol. The number of rotatable bonds is 4. The molecule has 1 aliphatic carbocycles. The Morgan fingerprint density at radius 2 is 2.11 bits per heavy atom. The molecular formula is C13H17N5O. The van der Waals surface area contributed by atoms with Crippen molar-refractivity contribution in [2.24, 2.45) is 11.8 Å². The third-order valence-electron chi connectivity index (χ3n) is 4.32. The van der Waals surface area contributed by atoms with Crippen molar-refractivity contribution in [3.8, 4) is 0 Å². The summed E-state index contributed by atoms with van der Waals surface area (Å²) in [6.45, 7) is 3.31. The van der Waals surface area contributed by atoms with Gasteiger partial charge in [0.1, 0.15) is 0 Å². The van der Waals surface area contributed by atoms with Gasteiger partial charge >= 0.3 is 0 Å². The van der Waals surface area contributed by atoms with Crippen LogP contribution in [0.25, 0.3) is 0 Å². The van der Waals surface area contributed by atoms with Crippen molar-refractivity contribution in [3.63, 3.8) is 0 Å². The van der Waals surface area contributed by atoms with E-state index in [0.717, 1.165) is 24.5 Å². The van der Waals surface area contributed by atoms with Crippen molar-refractivity contribution >= 4 is 18.3 Å². The Labute approximate surface area is 111 Å². The Bertz CT molecular complexity index is 517. The molecule has 0 radical (unpaired) electrons. The van der Waals surface area contributed by atoms with Crippen molar-refractivity contribution < 1.29 is 4.79 Å². The molecular weight excluding hydrogens is 242 g/mol. The van der Waals surface area contributed by atoms with Crippen LogP contribution in [0.4, 0.5) is 0 Å². The number of aromatic amines is 1. The van der Waals surface area contributed by atoms with E-state index in [2.05, 4.69) is 10.2 Å². The summed E-state index contributed by atoms with van der Waals surface area (Å²) in [6.07, 6.45) is 2.44. The summed E-state index contributed by atoms with van der Waals surface area (Å²) < 4.78 is 0. The molecule has 1 aromatic heterocycles. The Kier molecular flexibility index (Phi) is 2.73. The zero-order chi connectivity index (χ0) is 13.6. The Hall–Kier alpha value is -1.98. The molecule has 1 saturated heterocycles. The third-order valence-corrected chi connectivity index (χ3v) is 4.32. The summed E-state index contributed by atoms with van der Waals surface area (Å²) in [4.78, 5) is 13.2. The Balaban J connectivity index is 1.69. The first-order chi connectivity index (χ1) is 9.15. The zero-order valence-corrected chi connectivity index (χ0v) is 10.8. The quantitative estimate of drug-likeness (QED) is 0.703. The van der Waals surface area contributed by atoms with Crippen molar-refractivity contribution in [2.45, 2.75) is 18.8 Å². The van der Waals surface area contributed by atoms with Gasteiger partial charge in [-0.25, -0.2) is 0 Å². The average Bonchev–Trinajstić information content (AvgIpc) is 2.83. The molecule has 1 aromatic rings. The molecule has 1 amide bonds. The van der Waals surface area contributed by atoms with E-state index in [1.54, 1.807) is 6.92 Å². The van der Waals surface area contributed by atoms with Gasteiger partial charge in [-0.2, -0.15) is 5.10 Å². The number of amides is 1. The smallest absolute Gasteiger partial charge is 0.219 e. The molecule has 3 rings (SSSR count). The van der Waals surface area contributed by atoms with E-state index in [-0.39, 0.29) is 11.8 Å². The van der Waals surface area contributed by atoms with Gasteiger partial charge in [-0.1, -0.05) is 0 Å². The molecule has 1 aliphatic heterocycles. The maximum absolute atomic E-state index is 11.3. The number of hydrogen-bond donors (Lipinski definition) is 3. The van der Waals surface area contributed by atoms with E-state index >= 15 is 0 Å². The van der Waals surface area contributed by atoms with Crippen LogP contribution < -0.4 is 0 Å². The molecule has 0 aromatic carbocycles. The first-order valence-electron chi connectivity index (χ1n) is 6.47. The predicted molar refractivity (Wildman–Crippen MR) is 70.9 cm³/mol. The van der Waals surface area contributed by atoms with Crippen molar-refractivity contribution in [2.75, 3.05) is 13.1 Å². The van der Waals surface area contributed by atoms with Crippen molar-refractivity contribution in [3.05, 3.63) is 17.5 Å². The number of carbonyl (C=O) groups is 1. The lowest BCUT2D eigenvalue weighted by molar-refractivity contribution is -0.128. The van der Waals surface area contributed by atoms with Crippen LogP contribution in [0.2, 0.25) is 0 Å². The molecule has 100 valence electrons. The fourth-order valence-electron chi connectivity index (χ4n) is 3.16. The highest BCUT2D eigenvalue weighted by Crippen LogP contribution is 2.57. The van der Waals surface area contributed by atoms with E-state index in [1.165, 1.54) is 12.4 Å². The van der Waals surface area contributed by atoms with Crippen LogP contribution in [-0.4, -0.2) is 46.5 Å². The van der Waals surface area contributed by atoms with Gasteiger partial charge < -0.3 is 15.7 Å². The number of aromatic nitrogens is 2. The van der Waals surface area contributed by atoms with Gasteiger partial charge in [-0.15, -0.1) is 0 Å². The number of H-pyrrole nitrogens is 1. The third kappa shape index (κ3) is 1.87. The molecule has 2 heterocycles. The largest absolute Gasteiger partial charge is 0.342 e. The molecule has 19 heavy (non-hydrogen) atoms. The lowest BCUT2D eigenvalue weighted by atomic mass is 10.1. The second-order valence-corrected chi connectivity index (χ2v) is 5.38. The van der Waals surface area contributed by atoms with Gasteiger partial charge in [-0.05, 0) is 17.9 Å². The Morgan fingerprint density at radius 3 is 2.63 bits per heavy atom. The summed E-state index contributed by atoms with van der Waals surface area (Å²) in [5.74, 6) is 1.39. The normalized spacial score (nSPS) is 29.7. The second-order valence-electron chi connectivity index (χ2n) is 5.38. The molecule has 2 aliphatic rings. The maximum atomic E-state index is 11.3.